The van der Waals surface area contributed by atoms with Crippen molar-refractivity contribution in [3.8, 4) is 0 Å². The molecule has 0 saturated heterocycles. The van der Waals surface area contributed by atoms with Gasteiger partial charge in [0.05, 0.1) is 4.55 Å². The first kappa shape index (κ1) is 10.3. The molecule has 0 aliphatic heterocycles. The van der Waals surface area contributed by atoms with E-state index in [1.807, 2.05) is 18.2 Å². The fourth-order valence-electron chi connectivity index (χ4n) is 1.47. The van der Waals surface area contributed by atoms with Gasteiger partial charge in [0.25, 0.3) is 0 Å². The number of hydrogen-bond donors (Lipinski definition) is 1. The molecule has 2 rings (SSSR count). The number of benzene rings is 2. The topological polar surface area (TPSA) is 72.2 Å². The summed E-state index contributed by atoms with van der Waals surface area (Å²) in [6.07, 6.45) is 0. The SMILES string of the molecule is NO[S+]([O])(=O)c1cccc2ccccc12. The van der Waals surface area contributed by atoms with E-state index in [9.17, 15) is 8.76 Å². The van der Waals surface area contributed by atoms with Crippen molar-refractivity contribution in [2.75, 3.05) is 0 Å². The summed E-state index contributed by atoms with van der Waals surface area (Å²) >= 11 is 0. The molecular formula is C10H9NO3S+. The van der Waals surface area contributed by atoms with Gasteiger partial charge in [0.1, 0.15) is 0 Å². The van der Waals surface area contributed by atoms with Crippen LogP contribution in [-0.2, 0) is 23.5 Å². The molecule has 0 saturated carbocycles. The summed E-state index contributed by atoms with van der Waals surface area (Å²) in [7, 11) is -3.85. The van der Waals surface area contributed by atoms with Gasteiger partial charge in [-0.25, -0.2) is 0 Å². The van der Waals surface area contributed by atoms with Crippen LogP contribution in [-0.4, -0.2) is 0 Å². The van der Waals surface area contributed by atoms with Gasteiger partial charge in [0, 0.05) is 11.5 Å². The number of hydrogen-bond acceptors (Lipinski definition) is 3. The van der Waals surface area contributed by atoms with Crippen LogP contribution in [0.25, 0.3) is 10.8 Å². The Labute approximate surface area is 88.1 Å². The molecule has 1 radical (unpaired) electrons. The van der Waals surface area contributed by atoms with E-state index in [4.69, 9.17) is 5.90 Å². The third kappa shape index (κ3) is 1.78. The zero-order valence-corrected chi connectivity index (χ0v) is 8.57. The lowest BCUT2D eigenvalue weighted by Crippen LogP contribution is -2.17. The van der Waals surface area contributed by atoms with Gasteiger partial charge in [-0.3, -0.25) is 0 Å². The largest absolute Gasteiger partial charge is 0.448 e. The van der Waals surface area contributed by atoms with Crippen LogP contribution < -0.4 is 5.90 Å². The Balaban J connectivity index is 2.77. The predicted octanol–water partition coefficient (Wildman–Crippen LogP) is 1.85. The van der Waals surface area contributed by atoms with Crippen LogP contribution in [0, 0.1) is 0 Å². The van der Waals surface area contributed by atoms with E-state index in [2.05, 4.69) is 4.28 Å². The van der Waals surface area contributed by atoms with Crippen molar-refractivity contribution in [2.24, 2.45) is 5.90 Å². The summed E-state index contributed by atoms with van der Waals surface area (Å²) in [5.74, 6) is 4.74. The Kier molecular flexibility index (Phi) is 2.54. The smallest absolute Gasteiger partial charge is 0.160 e. The van der Waals surface area contributed by atoms with Gasteiger partial charge < -0.3 is 0 Å². The second kappa shape index (κ2) is 3.71. The lowest BCUT2D eigenvalue weighted by Gasteiger charge is -2.00. The maximum Gasteiger partial charge on any atom is 0.448 e. The molecule has 77 valence electrons. The molecule has 0 aliphatic rings. The molecule has 4 nitrogen and oxygen atoms in total. The first-order valence-electron chi connectivity index (χ1n) is 4.26. The highest BCUT2D eigenvalue weighted by molar-refractivity contribution is 7.93. The molecule has 15 heavy (non-hydrogen) atoms. The van der Waals surface area contributed by atoms with Crippen molar-refractivity contribution in [1.29, 1.82) is 0 Å². The van der Waals surface area contributed by atoms with Crippen LogP contribution in [0.1, 0.15) is 0 Å². The van der Waals surface area contributed by atoms with Crippen LogP contribution >= 0.6 is 0 Å². The minimum absolute atomic E-state index is 0.0862. The zero-order chi connectivity index (χ0) is 10.9. The zero-order valence-electron chi connectivity index (χ0n) is 7.75. The summed E-state index contributed by atoms with van der Waals surface area (Å²) in [6, 6.07) is 12.1. The monoisotopic (exact) mass is 223 g/mol. The van der Waals surface area contributed by atoms with Crippen molar-refractivity contribution in [3.05, 3.63) is 42.5 Å². The van der Waals surface area contributed by atoms with Gasteiger partial charge in [-0.15, -0.1) is 0 Å². The molecule has 0 aromatic heterocycles. The molecule has 0 amide bonds. The Bertz CT molecular complexity index is 536. The van der Waals surface area contributed by atoms with E-state index >= 15 is 0 Å². The third-order valence-electron chi connectivity index (χ3n) is 2.15. The van der Waals surface area contributed by atoms with Crippen LogP contribution in [0.3, 0.4) is 0 Å². The Morgan fingerprint density at radius 1 is 1.07 bits per heavy atom. The van der Waals surface area contributed by atoms with Gasteiger partial charge in [-0.1, -0.05) is 30.3 Å². The molecule has 5 heteroatoms. The average Bonchev–Trinajstić information content (AvgIpc) is 2.28. The van der Waals surface area contributed by atoms with E-state index in [1.54, 1.807) is 18.2 Å². The highest BCUT2D eigenvalue weighted by Crippen LogP contribution is 2.26. The fraction of sp³-hybridized carbons (Fsp3) is 0. The molecular weight excluding hydrogens is 214 g/mol. The second-order valence-corrected chi connectivity index (χ2v) is 4.57. The Morgan fingerprint density at radius 3 is 2.47 bits per heavy atom. The summed E-state index contributed by atoms with van der Waals surface area (Å²) in [5.41, 5.74) is 0. The van der Waals surface area contributed by atoms with Gasteiger partial charge in [-0.05, 0) is 19.9 Å². The maximum atomic E-state index is 11.5. The first-order valence-corrected chi connectivity index (χ1v) is 5.67. The van der Waals surface area contributed by atoms with E-state index in [0.717, 1.165) is 5.39 Å². The van der Waals surface area contributed by atoms with Crippen molar-refractivity contribution in [1.82, 2.24) is 0 Å². The highest BCUT2D eigenvalue weighted by atomic mass is 32.3. The predicted molar refractivity (Wildman–Crippen MR) is 56.2 cm³/mol. The summed E-state index contributed by atoms with van der Waals surface area (Å²) in [6.45, 7) is 0. The molecule has 0 heterocycles. The van der Waals surface area contributed by atoms with E-state index in [-0.39, 0.29) is 4.90 Å². The van der Waals surface area contributed by atoms with Crippen molar-refractivity contribution in [3.63, 3.8) is 0 Å². The van der Waals surface area contributed by atoms with Crippen LogP contribution in [0.5, 0.6) is 0 Å². The van der Waals surface area contributed by atoms with Crippen LogP contribution in [0.2, 0.25) is 0 Å². The van der Waals surface area contributed by atoms with Gasteiger partial charge >= 0.3 is 10.5 Å². The molecule has 1 unspecified atom stereocenters. The van der Waals surface area contributed by atoms with Gasteiger partial charge in [-0.2, -0.15) is 5.90 Å². The number of nitrogens with two attached hydrogens (primary N) is 1. The van der Waals surface area contributed by atoms with E-state index in [0.29, 0.717) is 5.39 Å². The molecule has 0 aliphatic carbocycles. The number of fused-ring (bicyclic) bond motifs is 1. The fourth-order valence-corrected chi connectivity index (χ4v) is 2.27. The number of rotatable bonds is 2. The Morgan fingerprint density at radius 2 is 1.73 bits per heavy atom. The lowest BCUT2D eigenvalue weighted by atomic mass is 10.1. The highest BCUT2D eigenvalue weighted by Gasteiger charge is 2.35. The second-order valence-electron chi connectivity index (χ2n) is 3.03. The summed E-state index contributed by atoms with van der Waals surface area (Å²) in [5, 5.41) is 1.43. The standard InChI is InChI=1S/C10H9NO3S/c11-14-15(12,13)10-7-3-5-8-4-1-2-6-9(8)10/h1-7H,11H2/q+1. The van der Waals surface area contributed by atoms with Crippen LogP contribution in [0.4, 0.5) is 0 Å². The van der Waals surface area contributed by atoms with Crippen molar-refractivity contribution >= 4 is 21.3 Å². The van der Waals surface area contributed by atoms with Crippen molar-refractivity contribution in [2.45, 2.75) is 4.90 Å². The van der Waals surface area contributed by atoms with Crippen LogP contribution in [0.15, 0.2) is 47.4 Å². The molecule has 0 fully saturated rings. The molecule has 1 atom stereocenters. The lowest BCUT2D eigenvalue weighted by molar-refractivity contribution is 0.262. The van der Waals surface area contributed by atoms with E-state index in [1.165, 1.54) is 6.07 Å². The maximum absolute atomic E-state index is 11.5. The summed E-state index contributed by atoms with van der Waals surface area (Å²) < 4.78 is 26.9. The van der Waals surface area contributed by atoms with E-state index < -0.39 is 10.5 Å². The normalized spacial score (nSPS) is 15.1. The molecule has 0 spiro atoms. The first-order chi connectivity index (χ1) is 7.15. The molecule has 2 aromatic rings. The van der Waals surface area contributed by atoms with Gasteiger partial charge in [0.15, 0.2) is 0 Å². The molecule has 2 N–H and O–H groups in total. The minimum atomic E-state index is -3.85. The third-order valence-corrected chi connectivity index (χ3v) is 3.29. The molecule has 2 aromatic carbocycles. The average molecular weight is 223 g/mol. The Hall–Kier alpha value is -1.27. The molecule has 0 bridgehead atoms. The quantitative estimate of drug-likeness (QED) is 0.623. The van der Waals surface area contributed by atoms with Gasteiger partial charge in [0.2, 0.25) is 4.90 Å². The van der Waals surface area contributed by atoms with Crippen molar-refractivity contribution < 1.29 is 13.0 Å². The summed E-state index contributed by atoms with van der Waals surface area (Å²) in [4.78, 5) is 0.0862. The minimum Gasteiger partial charge on any atom is -0.160 e.